The summed E-state index contributed by atoms with van der Waals surface area (Å²) < 4.78 is 1.00. The Morgan fingerprint density at radius 1 is 1.38 bits per heavy atom. The van der Waals surface area contributed by atoms with Gasteiger partial charge in [-0.15, -0.1) is 11.3 Å². The molecule has 0 atom stereocenters. The summed E-state index contributed by atoms with van der Waals surface area (Å²) in [4.78, 5) is 12.1. The molecule has 0 fully saturated rings. The van der Waals surface area contributed by atoms with Crippen LogP contribution in [0.4, 0.5) is 0 Å². The maximum atomic E-state index is 11.0. The third kappa shape index (κ3) is 1.90. The first-order valence-electron chi connectivity index (χ1n) is 4.67. The molecule has 0 aliphatic heterocycles. The molecule has 2 aromatic rings. The highest BCUT2D eigenvalue weighted by atomic mass is 79.9. The van der Waals surface area contributed by atoms with Gasteiger partial charge in [-0.2, -0.15) is 0 Å². The van der Waals surface area contributed by atoms with Crippen LogP contribution in [-0.4, -0.2) is 11.1 Å². The summed E-state index contributed by atoms with van der Waals surface area (Å²) >= 11 is 5.06. The Balaban J connectivity index is 2.63. The minimum Gasteiger partial charge on any atom is -0.478 e. The monoisotopic (exact) mass is 296 g/mol. The van der Waals surface area contributed by atoms with Crippen LogP contribution in [0.2, 0.25) is 0 Å². The summed E-state index contributed by atoms with van der Waals surface area (Å²) in [5, 5.41) is 11.0. The number of hydrogen-bond donors (Lipinski definition) is 1. The molecule has 82 valence electrons. The molecule has 0 aliphatic carbocycles. The van der Waals surface area contributed by atoms with E-state index < -0.39 is 5.97 Å². The Morgan fingerprint density at radius 3 is 2.69 bits per heavy atom. The van der Waals surface area contributed by atoms with Gasteiger partial charge in [0.2, 0.25) is 0 Å². The average molecular weight is 297 g/mol. The Morgan fingerprint density at radius 2 is 2.12 bits per heavy atom. The lowest BCUT2D eigenvalue weighted by Gasteiger charge is -2.07. The molecule has 0 aliphatic rings. The van der Waals surface area contributed by atoms with Gasteiger partial charge in [-0.05, 0) is 51.5 Å². The smallest absolute Gasteiger partial charge is 0.335 e. The van der Waals surface area contributed by atoms with Gasteiger partial charge in [0.15, 0.2) is 0 Å². The summed E-state index contributed by atoms with van der Waals surface area (Å²) in [5.41, 5.74) is 2.14. The lowest BCUT2D eigenvalue weighted by molar-refractivity contribution is 0.0696. The summed E-state index contributed by atoms with van der Waals surface area (Å²) in [5.74, 6) is -0.882. The largest absolute Gasteiger partial charge is 0.478 e. The fourth-order valence-corrected chi connectivity index (χ4v) is 3.27. The molecule has 0 spiro atoms. The van der Waals surface area contributed by atoms with Gasteiger partial charge in [0.25, 0.3) is 0 Å². The standard InChI is InChI=1S/C12H9BrO2S/c1-7-8(11-10(13)5-6-16-11)3-2-4-9(7)12(14)15/h2-6H,1H3,(H,14,15). The number of hydrogen-bond acceptors (Lipinski definition) is 2. The fraction of sp³-hybridized carbons (Fsp3) is 0.0833. The van der Waals surface area contributed by atoms with Gasteiger partial charge < -0.3 is 5.11 Å². The second-order valence-electron chi connectivity index (χ2n) is 3.38. The van der Waals surface area contributed by atoms with Crippen molar-refractivity contribution in [2.24, 2.45) is 0 Å². The van der Waals surface area contributed by atoms with Crippen LogP contribution in [0.25, 0.3) is 10.4 Å². The van der Waals surface area contributed by atoms with Crippen molar-refractivity contribution in [2.45, 2.75) is 6.92 Å². The van der Waals surface area contributed by atoms with Crippen LogP contribution in [0.3, 0.4) is 0 Å². The summed E-state index contributed by atoms with van der Waals surface area (Å²) in [6, 6.07) is 7.31. The van der Waals surface area contributed by atoms with E-state index in [1.54, 1.807) is 23.5 Å². The van der Waals surface area contributed by atoms with Crippen LogP contribution in [0.15, 0.2) is 34.1 Å². The first-order chi connectivity index (χ1) is 7.61. The maximum Gasteiger partial charge on any atom is 0.335 e. The molecular formula is C12H9BrO2S. The molecule has 0 amide bonds. The van der Waals surface area contributed by atoms with Crippen LogP contribution in [0.1, 0.15) is 15.9 Å². The van der Waals surface area contributed by atoms with E-state index in [-0.39, 0.29) is 0 Å². The van der Waals surface area contributed by atoms with Gasteiger partial charge in [0, 0.05) is 9.35 Å². The van der Waals surface area contributed by atoms with Crippen molar-refractivity contribution < 1.29 is 9.90 Å². The molecule has 1 N–H and O–H groups in total. The van der Waals surface area contributed by atoms with Crippen molar-refractivity contribution >= 4 is 33.2 Å². The van der Waals surface area contributed by atoms with E-state index in [1.165, 1.54) is 0 Å². The van der Waals surface area contributed by atoms with Crippen LogP contribution < -0.4 is 0 Å². The first kappa shape index (κ1) is 11.4. The zero-order valence-electron chi connectivity index (χ0n) is 8.53. The molecule has 0 saturated heterocycles. The van der Waals surface area contributed by atoms with Crippen molar-refractivity contribution in [1.82, 2.24) is 0 Å². The summed E-state index contributed by atoms with van der Waals surface area (Å²) in [6.45, 7) is 1.84. The van der Waals surface area contributed by atoms with Gasteiger partial charge in [-0.1, -0.05) is 12.1 Å². The number of carboxylic acid groups (broad SMARTS) is 1. The van der Waals surface area contributed by atoms with E-state index in [0.717, 1.165) is 20.5 Å². The second kappa shape index (κ2) is 4.39. The second-order valence-corrected chi connectivity index (χ2v) is 5.15. The summed E-state index contributed by atoms with van der Waals surface area (Å²) in [7, 11) is 0. The van der Waals surface area contributed by atoms with Crippen molar-refractivity contribution in [3.05, 3.63) is 45.2 Å². The minimum absolute atomic E-state index is 0.359. The molecule has 0 saturated carbocycles. The summed E-state index contributed by atoms with van der Waals surface area (Å²) in [6.07, 6.45) is 0. The van der Waals surface area contributed by atoms with E-state index in [0.29, 0.717) is 5.56 Å². The normalized spacial score (nSPS) is 10.4. The zero-order valence-corrected chi connectivity index (χ0v) is 10.9. The number of aromatic carboxylic acids is 1. The highest BCUT2D eigenvalue weighted by Gasteiger charge is 2.13. The Labute approximate surface area is 106 Å². The van der Waals surface area contributed by atoms with E-state index in [2.05, 4.69) is 15.9 Å². The quantitative estimate of drug-likeness (QED) is 0.902. The maximum absolute atomic E-state index is 11.0. The minimum atomic E-state index is -0.882. The molecular weight excluding hydrogens is 288 g/mol. The van der Waals surface area contributed by atoms with E-state index in [1.807, 2.05) is 24.4 Å². The van der Waals surface area contributed by atoms with E-state index >= 15 is 0 Å². The van der Waals surface area contributed by atoms with Crippen molar-refractivity contribution in [3.63, 3.8) is 0 Å². The van der Waals surface area contributed by atoms with E-state index in [4.69, 9.17) is 5.11 Å². The molecule has 2 nitrogen and oxygen atoms in total. The Kier molecular flexibility index (Phi) is 3.12. The molecule has 0 radical (unpaired) electrons. The number of carbonyl (C=O) groups is 1. The lowest BCUT2D eigenvalue weighted by atomic mass is 10.0. The van der Waals surface area contributed by atoms with Crippen LogP contribution in [0.5, 0.6) is 0 Å². The van der Waals surface area contributed by atoms with Gasteiger partial charge in [-0.3, -0.25) is 0 Å². The predicted octanol–water partition coefficient (Wildman–Crippen LogP) is 4.18. The highest BCUT2D eigenvalue weighted by Crippen LogP contribution is 2.36. The molecule has 16 heavy (non-hydrogen) atoms. The lowest BCUT2D eigenvalue weighted by Crippen LogP contribution is -2.00. The topological polar surface area (TPSA) is 37.3 Å². The zero-order chi connectivity index (χ0) is 11.7. The molecule has 1 aromatic heterocycles. The van der Waals surface area contributed by atoms with Gasteiger partial charge in [0.1, 0.15) is 0 Å². The SMILES string of the molecule is Cc1c(C(=O)O)cccc1-c1sccc1Br. The Bertz CT molecular complexity index is 546. The highest BCUT2D eigenvalue weighted by molar-refractivity contribution is 9.10. The van der Waals surface area contributed by atoms with Crippen molar-refractivity contribution in [2.75, 3.05) is 0 Å². The molecule has 1 aromatic carbocycles. The van der Waals surface area contributed by atoms with Crippen molar-refractivity contribution in [1.29, 1.82) is 0 Å². The van der Waals surface area contributed by atoms with E-state index in [9.17, 15) is 4.79 Å². The molecule has 2 rings (SSSR count). The molecule has 0 unspecified atom stereocenters. The van der Waals surface area contributed by atoms with Gasteiger partial charge in [-0.25, -0.2) is 4.79 Å². The Hall–Kier alpha value is -1.13. The third-order valence-electron chi connectivity index (χ3n) is 2.43. The molecule has 0 bridgehead atoms. The first-order valence-corrected chi connectivity index (χ1v) is 6.35. The fourth-order valence-electron chi connectivity index (χ4n) is 1.60. The number of carboxylic acids is 1. The van der Waals surface area contributed by atoms with Crippen LogP contribution in [0, 0.1) is 6.92 Å². The number of halogens is 1. The number of rotatable bonds is 2. The van der Waals surface area contributed by atoms with Crippen molar-refractivity contribution in [3.8, 4) is 10.4 Å². The number of benzene rings is 1. The average Bonchev–Trinajstić information content (AvgIpc) is 2.64. The van der Waals surface area contributed by atoms with Crippen LogP contribution >= 0.6 is 27.3 Å². The predicted molar refractivity (Wildman–Crippen MR) is 69.2 cm³/mol. The number of thiophene rings is 1. The molecule has 4 heteroatoms. The van der Waals surface area contributed by atoms with Gasteiger partial charge in [0.05, 0.1) is 5.56 Å². The van der Waals surface area contributed by atoms with Gasteiger partial charge >= 0.3 is 5.97 Å². The van der Waals surface area contributed by atoms with Crippen LogP contribution in [-0.2, 0) is 0 Å². The molecule has 1 heterocycles. The third-order valence-corrected chi connectivity index (χ3v) is 4.30.